The van der Waals surface area contributed by atoms with E-state index >= 15 is 0 Å². The van der Waals surface area contributed by atoms with E-state index in [0.29, 0.717) is 0 Å². The molecular weight excluding hydrogens is 759 g/mol. The van der Waals surface area contributed by atoms with Crippen LogP contribution in [0.4, 0.5) is 17.1 Å². The largest absolute Gasteiger partial charge is 0.310 e. The van der Waals surface area contributed by atoms with Crippen LogP contribution in [0.1, 0.15) is 47.2 Å². The molecule has 0 amide bonds. The minimum absolute atomic E-state index is 0.216. The smallest absolute Gasteiger partial charge is 0.0713 e. The molecule has 298 valence electrons. The number of anilines is 3. The van der Waals surface area contributed by atoms with Crippen LogP contribution >= 0.6 is 0 Å². The number of rotatable bonds is 7. The van der Waals surface area contributed by atoms with Crippen molar-refractivity contribution in [1.82, 2.24) is 0 Å². The molecule has 0 bridgehead atoms. The van der Waals surface area contributed by atoms with Crippen molar-refractivity contribution in [3.05, 3.63) is 270 Å². The van der Waals surface area contributed by atoms with Crippen molar-refractivity contribution in [2.45, 2.75) is 24.7 Å². The third-order valence-corrected chi connectivity index (χ3v) is 14.0. The molecule has 0 aromatic heterocycles. The quantitative estimate of drug-likeness (QED) is 0.155. The van der Waals surface area contributed by atoms with E-state index in [1.807, 2.05) is 0 Å². The van der Waals surface area contributed by atoms with Gasteiger partial charge >= 0.3 is 0 Å². The summed E-state index contributed by atoms with van der Waals surface area (Å²) >= 11 is 0. The van der Waals surface area contributed by atoms with Crippen molar-refractivity contribution >= 4 is 27.8 Å². The molecule has 0 saturated carbocycles. The zero-order valence-electron chi connectivity index (χ0n) is 35.5. The van der Waals surface area contributed by atoms with Gasteiger partial charge in [0.1, 0.15) is 0 Å². The van der Waals surface area contributed by atoms with Crippen molar-refractivity contribution < 1.29 is 0 Å². The van der Waals surface area contributed by atoms with Crippen LogP contribution < -0.4 is 4.90 Å². The second-order valence-electron chi connectivity index (χ2n) is 17.6. The van der Waals surface area contributed by atoms with E-state index in [-0.39, 0.29) is 5.41 Å². The molecule has 63 heavy (non-hydrogen) atoms. The highest BCUT2D eigenvalue weighted by Gasteiger charge is 2.46. The van der Waals surface area contributed by atoms with Gasteiger partial charge in [0.25, 0.3) is 0 Å². The number of fused-ring (bicyclic) bond motifs is 7. The maximum Gasteiger partial charge on any atom is 0.0713 e. The van der Waals surface area contributed by atoms with Crippen LogP contribution in [0.15, 0.2) is 237 Å². The van der Waals surface area contributed by atoms with Gasteiger partial charge in [0.05, 0.1) is 5.41 Å². The summed E-state index contributed by atoms with van der Waals surface area (Å²) in [5.41, 5.74) is 20.7. The second kappa shape index (κ2) is 14.4. The summed E-state index contributed by atoms with van der Waals surface area (Å²) in [5.74, 6) is 0. The van der Waals surface area contributed by atoms with E-state index < -0.39 is 5.41 Å². The van der Waals surface area contributed by atoms with E-state index in [4.69, 9.17) is 0 Å². The van der Waals surface area contributed by atoms with Crippen LogP contribution in [0, 0.1) is 0 Å². The fraction of sp³-hybridized carbons (Fsp3) is 0.0645. The monoisotopic (exact) mass is 803 g/mol. The molecular formula is C62H45N. The highest BCUT2D eigenvalue weighted by atomic mass is 15.1. The Morgan fingerprint density at radius 3 is 1.54 bits per heavy atom. The highest BCUT2D eigenvalue weighted by Crippen LogP contribution is 2.58. The summed E-state index contributed by atoms with van der Waals surface area (Å²) in [6.07, 6.45) is 0. The van der Waals surface area contributed by atoms with Gasteiger partial charge in [-0.25, -0.2) is 0 Å². The fourth-order valence-electron chi connectivity index (χ4n) is 11.0. The van der Waals surface area contributed by atoms with Crippen LogP contribution in [0.5, 0.6) is 0 Å². The van der Waals surface area contributed by atoms with E-state index in [1.165, 1.54) is 88.7 Å². The lowest BCUT2D eigenvalue weighted by atomic mass is 9.68. The van der Waals surface area contributed by atoms with Gasteiger partial charge in [0, 0.05) is 22.5 Å². The Bertz CT molecular complexity index is 3300. The van der Waals surface area contributed by atoms with Gasteiger partial charge in [0.2, 0.25) is 0 Å². The van der Waals surface area contributed by atoms with Crippen molar-refractivity contribution in [3.8, 4) is 44.5 Å². The highest BCUT2D eigenvalue weighted by molar-refractivity contribution is 5.98. The van der Waals surface area contributed by atoms with Crippen LogP contribution in [0.2, 0.25) is 0 Å². The average Bonchev–Trinajstić information content (AvgIpc) is 3.77. The Balaban J connectivity index is 1.03. The molecule has 0 atom stereocenters. The lowest BCUT2D eigenvalue weighted by Gasteiger charge is -2.34. The summed E-state index contributed by atoms with van der Waals surface area (Å²) < 4.78 is 0. The third kappa shape index (κ3) is 5.70. The average molecular weight is 804 g/mol. The molecule has 0 N–H and O–H groups in total. The number of benzene rings is 10. The van der Waals surface area contributed by atoms with Crippen molar-refractivity contribution in [1.29, 1.82) is 0 Å². The van der Waals surface area contributed by atoms with E-state index in [0.717, 1.165) is 17.1 Å². The van der Waals surface area contributed by atoms with Crippen LogP contribution in [-0.4, -0.2) is 0 Å². The lowest BCUT2D eigenvalue weighted by Crippen LogP contribution is -2.28. The Kier molecular flexibility index (Phi) is 8.49. The molecule has 0 unspecified atom stereocenters. The standard InChI is InChI=1S/C62H45N/c1-61(2)59-39-45(52-27-16-20-44-19-12-13-25-51(44)52)31-36-54(59)55-37-34-50(41-60(55)61)63(48-32-29-43(30-33-48)42-17-6-3-7-18-42)49-35-38-58-56(40-49)53-26-14-15-28-57(53)62(58,46-21-8-4-9-22-46)47-23-10-5-11-24-47/h3-41H,1-2H3. The van der Waals surface area contributed by atoms with Gasteiger partial charge in [-0.1, -0.05) is 208 Å². The van der Waals surface area contributed by atoms with Crippen LogP contribution in [0.25, 0.3) is 55.3 Å². The maximum atomic E-state index is 2.46. The van der Waals surface area contributed by atoms with Gasteiger partial charge in [-0.05, 0) is 131 Å². The maximum absolute atomic E-state index is 2.46. The summed E-state index contributed by atoms with van der Waals surface area (Å²) in [5, 5.41) is 2.55. The van der Waals surface area contributed by atoms with Gasteiger partial charge in [0.15, 0.2) is 0 Å². The van der Waals surface area contributed by atoms with E-state index in [1.54, 1.807) is 0 Å². The van der Waals surface area contributed by atoms with Gasteiger partial charge in [-0.2, -0.15) is 0 Å². The normalized spacial score (nSPS) is 13.8. The number of hydrogen-bond donors (Lipinski definition) is 0. The number of nitrogens with zero attached hydrogens (tertiary/aromatic N) is 1. The Labute approximate surface area is 370 Å². The lowest BCUT2D eigenvalue weighted by molar-refractivity contribution is 0.660. The Morgan fingerprint density at radius 2 is 0.794 bits per heavy atom. The molecule has 0 aliphatic heterocycles. The Morgan fingerprint density at radius 1 is 0.302 bits per heavy atom. The number of hydrogen-bond acceptors (Lipinski definition) is 1. The first-order valence-corrected chi connectivity index (χ1v) is 22.1. The molecule has 0 spiro atoms. The molecule has 1 heteroatoms. The van der Waals surface area contributed by atoms with Gasteiger partial charge in [-0.15, -0.1) is 0 Å². The summed E-state index contributed by atoms with van der Waals surface area (Å²) in [6.45, 7) is 4.79. The molecule has 0 saturated heterocycles. The van der Waals surface area contributed by atoms with Crippen molar-refractivity contribution in [3.63, 3.8) is 0 Å². The zero-order valence-corrected chi connectivity index (χ0v) is 35.5. The fourth-order valence-corrected chi connectivity index (χ4v) is 11.0. The topological polar surface area (TPSA) is 3.24 Å². The SMILES string of the molecule is CC1(C)c2cc(-c3cccc4ccccc34)ccc2-c2ccc(N(c3ccc(-c4ccccc4)cc3)c3ccc4c(c3)-c3ccccc3C4(c3ccccc3)c3ccccc3)cc21. The second-order valence-corrected chi connectivity index (χ2v) is 17.6. The molecule has 0 radical (unpaired) electrons. The van der Waals surface area contributed by atoms with Gasteiger partial charge < -0.3 is 4.90 Å². The predicted octanol–water partition coefficient (Wildman–Crippen LogP) is 16.3. The third-order valence-electron chi connectivity index (χ3n) is 14.0. The minimum atomic E-state index is -0.455. The van der Waals surface area contributed by atoms with E-state index in [2.05, 4.69) is 255 Å². The summed E-state index contributed by atoms with van der Waals surface area (Å²) in [6, 6.07) is 87.7. The van der Waals surface area contributed by atoms with Crippen molar-refractivity contribution in [2.24, 2.45) is 0 Å². The zero-order chi connectivity index (χ0) is 42.1. The minimum Gasteiger partial charge on any atom is -0.310 e. The molecule has 0 heterocycles. The summed E-state index contributed by atoms with van der Waals surface area (Å²) in [4.78, 5) is 2.46. The van der Waals surface area contributed by atoms with Crippen LogP contribution in [0.3, 0.4) is 0 Å². The predicted molar refractivity (Wildman–Crippen MR) is 264 cm³/mol. The van der Waals surface area contributed by atoms with Gasteiger partial charge in [-0.3, -0.25) is 0 Å². The molecule has 2 aliphatic rings. The summed E-state index contributed by atoms with van der Waals surface area (Å²) in [7, 11) is 0. The first kappa shape index (κ1) is 37.1. The first-order valence-electron chi connectivity index (χ1n) is 22.1. The first-order chi connectivity index (χ1) is 31.0. The van der Waals surface area contributed by atoms with Crippen molar-refractivity contribution in [2.75, 3.05) is 4.90 Å². The van der Waals surface area contributed by atoms with Crippen LogP contribution in [-0.2, 0) is 10.8 Å². The molecule has 12 rings (SSSR count). The molecule has 1 nitrogen and oxygen atoms in total. The Hall–Kier alpha value is -7.74. The molecule has 10 aromatic rings. The van der Waals surface area contributed by atoms with E-state index in [9.17, 15) is 0 Å². The molecule has 2 aliphatic carbocycles. The molecule has 10 aromatic carbocycles. The molecule has 0 fully saturated rings.